The maximum absolute atomic E-state index is 17.2. The summed E-state index contributed by atoms with van der Waals surface area (Å²) in [7, 11) is 3.13. The molecular formula is C35H37F4N3O3S. The van der Waals surface area contributed by atoms with Crippen LogP contribution in [0.1, 0.15) is 58.3 Å². The van der Waals surface area contributed by atoms with Gasteiger partial charge < -0.3 is 19.4 Å². The normalized spacial score (nSPS) is 16.2. The minimum absolute atomic E-state index is 0.0329. The van der Waals surface area contributed by atoms with E-state index in [0.717, 1.165) is 11.1 Å². The lowest BCUT2D eigenvalue weighted by molar-refractivity contribution is -0.139. The molecule has 11 heteroatoms. The van der Waals surface area contributed by atoms with Gasteiger partial charge in [0.25, 0.3) is 5.56 Å². The van der Waals surface area contributed by atoms with Gasteiger partial charge in [-0.15, -0.1) is 0 Å². The molecular weight excluding hydrogens is 618 g/mol. The third-order valence-corrected chi connectivity index (χ3v) is 9.36. The van der Waals surface area contributed by atoms with Crippen molar-refractivity contribution in [2.45, 2.75) is 63.5 Å². The number of hydrogen-bond donors (Lipinski definition) is 1. The van der Waals surface area contributed by atoms with Crippen LogP contribution in [0.3, 0.4) is 0 Å². The van der Waals surface area contributed by atoms with Crippen molar-refractivity contribution >= 4 is 17.4 Å². The first-order valence-corrected chi connectivity index (χ1v) is 16.3. The first kappa shape index (κ1) is 33.4. The Bertz CT molecular complexity index is 1690. The number of thioether (sulfide) groups is 1. The maximum Gasteiger partial charge on any atom is 0.417 e. The van der Waals surface area contributed by atoms with E-state index in [1.807, 2.05) is 31.2 Å². The number of H-pyrrole nitrogens is 1. The average Bonchev–Trinajstić information content (AvgIpc) is 3.04. The summed E-state index contributed by atoms with van der Waals surface area (Å²) in [6.07, 6.45) is -2.32. The van der Waals surface area contributed by atoms with E-state index in [1.54, 1.807) is 49.6 Å². The molecule has 0 bridgehead atoms. The summed E-state index contributed by atoms with van der Waals surface area (Å²) >= 11 is 1.24. The van der Waals surface area contributed by atoms with E-state index in [-0.39, 0.29) is 48.3 Å². The molecule has 1 N–H and O–H groups in total. The van der Waals surface area contributed by atoms with E-state index in [1.165, 1.54) is 24.8 Å². The number of fused-ring (bicyclic) bond motifs is 1. The van der Waals surface area contributed by atoms with Gasteiger partial charge in [0.2, 0.25) is 0 Å². The van der Waals surface area contributed by atoms with Crippen LogP contribution in [-0.2, 0) is 32.1 Å². The molecule has 2 unspecified atom stereocenters. The Morgan fingerprint density at radius 3 is 2.02 bits per heavy atom. The van der Waals surface area contributed by atoms with Crippen LogP contribution in [0.5, 0.6) is 11.5 Å². The predicted molar refractivity (Wildman–Crippen MR) is 173 cm³/mol. The second kappa shape index (κ2) is 13.8. The van der Waals surface area contributed by atoms with E-state index in [4.69, 9.17) is 9.47 Å². The van der Waals surface area contributed by atoms with Gasteiger partial charge in [0.15, 0.2) is 11.0 Å². The number of aromatic nitrogens is 2. The molecule has 0 radical (unpaired) electrons. The van der Waals surface area contributed by atoms with Gasteiger partial charge in [0.1, 0.15) is 11.5 Å². The summed E-state index contributed by atoms with van der Waals surface area (Å²) in [5, 5.41) is 0.379. The molecule has 3 aromatic carbocycles. The van der Waals surface area contributed by atoms with Gasteiger partial charge in [-0.05, 0) is 84.9 Å². The maximum atomic E-state index is 17.2. The molecule has 6 nitrogen and oxygen atoms in total. The number of nitrogens with zero attached hydrogens (tertiary/aromatic N) is 2. The molecule has 1 aromatic heterocycles. The number of ether oxygens (including phenoxy) is 2. The predicted octanol–water partition coefficient (Wildman–Crippen LogP) is 8.09. The molecule has 0 amide bonds. The standard InChI is InChI=1S/C35H37F4N3O3S/c1-6-23-16-27-28(40-34(46-5)41-33(27)43)17-26(23)30-31(35(37,38)39)20(2)15-29(32(30)36)42(18-21-7-11-24(44-3)12-8-21)19-22-9-13-25(45-4)14-10-22/h7-15,23,26H,6,16-19H2,1-5H3,(H,40,41,43). The van der Waals surface area contributed by atoms with E-state index < -0.39 is 29.4 Å². The largest absolute Gasteiger partial charge is 0.497 e. The van der Waals surface area contributed by atoms with Crippen molar-refractivity contribution in [2.24, 2.45) is 5.92 Å². The molecule has 1 heterocycles. The van der Waals surface area contributed by atoms with Crippen molar-refractivity contribution < 1.29 is 27.0 Å². The number of hydrogen-bond acceptors (Lipinski definition) is 6. The van der Waals surface area contributed by atoms with Gasteiger partial charge in [-0.25, -0.2) is 9.37 Å². The average molecular weight is 656 g/mol. The summed E-state index contributed by atoms with van der Waals surface area (Å²) in [5.74, 6) is -0.811. The number of methoxy groups -OCH3 is 2. The highest BCUT2D eigenvalue weighted by Crippen LogP contribution is 2.48. The zero-order valence-corrected chi connectivity index (χ0v) is 27.2. The van der Waals surface area contributed by atoms with Crippen molar-refractivity contribution in [3.05, 3.63) is 110 Å². The molecule has 0 saturated heterocycles. The Hall–Kier alpha value is -3.99. The third-order valence-electron chi connectivity index (χ3n) is 8.78. The summed E-state index contributed by atoms with van der Waals surface area (Å²) < 4.78 is 72.3. The number of aryl methyl sites for hydroxylation is 1. The van der Waals surface area contributed by atoms with Gasteiger partial charge in [-0.3, -0.25) is 4.79 Å². The van der Waals surface area contributed by atoms with Crippen LogP contribution in [-0.4, -0.2) is 30.4 Å². The van der Waals surface area contributed by atoms with Crippen LogP contribution in [0.25, 0.3) is 0 Å². The Balaban J connectivity index is 1.68. The van der Waals surface area contributed by atoms with Crippen molar-refractivity contribution in [1.29, 1.82) is 0 Å². The van der Waals surface area contributed by atoms with Crippen LogP contribution in [0.2, 0.25) is 0 Å². The number of aromatic amines is 1. The second-order valence-corrected chi connectivity index (χ2v) is 12.3. The molecule has 2 atom stereocenters. The van der Waals surface area contributed by atoms with Crippen LogP contribution in [0.15, 0.2) is 64.5 Å². The van der Waals surface area contributed by atoms with E-state index in [2.05, 4.69) is 9.97 Å². The quantitative estimate of drug-likeness (QED) is 0.106. The van der Waals surface area contributed by atoms with Gasteiger partial charge in [-0.2, -0.15) is 13.2 Å². The molecule has 1 aliphatic carbocycles. The molecule has 5 rings (SSSR count). The third kappa shape index (κ3) is 6.89. The number of halogens is 4. The number of nitrogens with one attached hydrogen (secondary N) is 1. The molecule has 46 heavy (non-hydrogen) atoms. The van der Waals surface area contributed by atoms with Crippen molar-refractivity contribution in [1.82, 2.24) is 9.97 Å². The summed E-state index contributed by atoms with van der Waals surface area (Å²) in [6, 6.07) is 15.9. The highest BCUT2D eigenvalue weighted by Gasteiger charge is 2.43. The number of alkyl halides is 3. The van der Waals surface area contributed by atoms with E-state index >= 15 is 4.39 Å². The molecule has 0 spiro atoms. The minimum Gasteiger partial charge on any atom is -0.497 e. The van der Waals surface area contributed by atoms with Crippen molar-refractivity contribution in [3.8, 4) is 11.5 Å². The Kier molecular flexibility index (Phi) is 10.0. The number of rotatable bonds is 10. The fraction of sp³-hybridized carbons (Fsp3) is 0.371. The Labute approximate surface area is 270 Å². The fourth-order valence-corrected chi connectivity index (χ4v) is 6.82. The van der Waals surface area contributed by atoms with E-state index in [9.17, 15) is 18.0 Å². The molecule has 0 aliphatic heterocycles. The Morgan fingerprint density at radius 2 is 1.54 bits per heavy atom. The SMILES string of the molecule is CCC1Cc2c(nc(SC)[nH]c2=O)CC1c1c(F)c(N(Cc2ccc(OC)cc2)Cc2ccc(OC)cc2)cc(C)c1C(F)(F)F. The molecule has 0 saturated carbocycles. The number of benzene rings is 3. The lowest BCUT2D eigenvalue weighted by Gasteiger charge is -2.36. The summed E-state index contributed by atoms with van der Waals surface area (Å²) in [5.41, 5.74) is 0.964. The smallest absolute Gasteiger partial charge is 0.417 e. The van der Waals surface area contributed by atoms with Crippen molar-refractivity contribution in [2.75, 3.05) is 25.4 Å². The second-order valence-electron chi connectivity index (χ2n) is 11.5. The first-order valence-electron chi connectivity index (χ1n) is 15.0. The molecule has 244 valence electrons. The van der Waals surface area contributed by atoms with E-state index in [0.29, 0.717) is 34.3 Å². The number of anilines is 1. The van der Waals surface area contributed by atoms with Crippen molar-refractivity contribution in [3.63, 3.8) is 0 Å². The first-order chi connectivity index (χ1) is 22.0. The van der Waals surface area contributed by atoms with Crippen LogP contribution in [0, 0.1) is 18.7 Å². The zero-order valence-electron chi connectivity index (χ0n) is 26.4. The van der Waals surface area contributed by atoms with Gasteiger partial charge >= 0.3 is 6.18 Å². The molecule has 1 aliphatic rings. The molecule has 4 aromatic rings. The lowest BCUT2D eigenvalue weighted by atomic mass is 9.71. The summed E-state index contributed by atoms with van der Waals surface area (Å²) in [4.78, 5) is 21.9. The topological polar surface area (TPSA) is 67.5 Å². The zero-order chi connectivity index (χ0) is 33.2. The fourth-order valence-electron chi connectivity index (χ4n) is 6.43. The van der Waals surface area contributed by atoms with Crippen LogP contribution >= 0.6 is 11.8 Å². The highest BCUT2D eigenvalue weighted by atomic mass is 32.2. The summed E-state index contributed by atoms with van der Waals surface area (Å²) in [6.45, 7) is 3.72. The lowest BCUT2D eigenvalue weighted by Crippen LogP contribution is -2.33. The minimum atomic E-state index is -4.79. The van der Waals surface area contributed by atoms with Crippen LogP contribution < -0.4 is 19.9 Å². The monoisotopic (exact) mass is 655 g/mol. The molecule has 0 fully saturated rings. The Morgan fingerprint density at radius 1 is 0.978 bits per heavy atom. The van der Waals surface area contributed by atoms with Gasteiger partial charge in [0.05, 0.1) is 31.2 Å². The van der Waals surface area contributed by atoms with Gasteiger partial charge in [0, 0.05) is 24.2 Å². The van der Waals surface area contributed by atoms with Gasteiger partial charge in [-0.1, -0.05) is 49.4 Å². The highest BCUT2D eigenvalue weighted by molar-refractivity contribution is 7.98. The van der Waals surface area contributed by atoms with Crippen LogP contribution in [0.4, 0.5) is 23.2 Å².